The first-order valence-corrected chi connectivity index (χ1v) is 6.69. The maximum Gasteiger partial charge on any atom is 0.142 e. The predicted molar refractivity (Wildman–Crippen MR) is 77.9 cm³/mol. The number of pyridine rings is 1. The fourth-order valence-corrected chi connectivity index (χ4v) is 2.29. The minimum absolute atomic E-state index is 0.296. The number of halogens is 1. The van der Waals surface area contributed by atoms with E-state index in [4.69, 9.17) is 0 Å². The molecule has 0 saturated heterocycles. The second-order valence-corrected chi connectivity index (χ2v) is 4.78. The van der Waals surface area contributed by atoms with E-state index in [-0.39, 0.29) is 5.82 Å². The van der Waals surface area contributed by atoms with Gasteiger partial charge in [-0.2, -0.15) is 0 Å². The summed E-state index contributed by atoms with van der Waals surface area (Å²) in [6, 6.07) is 11.8. The minimum atomic E-state index is -0.296. The Balaban J connectivity index is 1.59. The molecular formula is C16H16FN3. The topological polar surface area (TPSA) is 40.7 Å². The molecule has 3 nitrogen and oxygen atoms in total. The fourth-order valence-electron chi connectivity index (χ4n) is 2.29. The average molecular weight is 269 g/mol. The van der Waals surface area contributed by atoms with Gasteiger partial charge in [0.05, 0.1) is 6.20 Å². The van der Waals surface area contributed by atoms with Gasteiger partial charge in [-0.15, -0.1) is 0 Å². The van der Waals surface area contributed by atoms with Crippen molar-refractivity contribution in [1.82, 2.24) is 15.3 Å². The van der Waals surface area contributed by atoms with Crippen LogP contribution >= 0.6 is 0 Å². The molecule has 0 spiro atoms. The van der Waals surface area contributed by atoms with Gasteiger partial charge in [0.1, 0.15) is 11.5 Å². The number of hydrogen-bond acceptors (Lipinski definition) is 2. The summed E-state index contributed by atoms with van der Waals surface area (Å²) in [5.41, 5.74) is 3.09. The Bertz CT molecular complexity index is 691. The van der Waals surface area contributed by atoms with E-state index in [1.165, 1.54) is 17.8 Å². The Labute approximate surface area is 116 Å². The Kier molecular flexibility index (Phi) is 3.74. The van der Waals surface area contributed by atoms with E-state index < -0.39 is 0 Å². The summed E-state index contributed by atoms with van der Waals surface area (Å²) < 4.78 is 13.2. The quantitative estimate of drug-likeness (QED) is 0.699. The molecule has 1 aromatic carbocycles. The number of fused-ring (bicyclic) bond motifs is 1. The van der Waals surface area contributed by atoms with Crippen LogP contribution in [0.4, 0.5) is 4.39 Å². The molecule has 2 heterocycles. The lowest BCUT2D eigenvalue weighted by atomic mass is 10.1. The number of rotatable bonds is 5. The van der Waals surface area contributed by atoms with Crippen LogP contribution in [0.2, 0.25) is 0 Å². The van der Waals surface area contributed by atoms with Gasteiger partial charge >= 0.3 is 0 Å². The number of hydrogen-bond donors (Lipinski definition) is 2. The Morgan fingerprint density at radius 2 is 2.05 bits per heavy atom. The van der Waals surface area contributed by atoms with Crippen molar-refractivity contribution in [2.45, 2.75) is 13.0 Å². The molecule has 0 saturated carbocycles. The van der Waals surface area contributed by atoms with E-state index in [2.05, 4.69) is 27.4 Å². The molecule has 0 atom stereocenters. The largest absolute Gasteiger partial charge is 0.346 e. The van der Waals surface area contributed by atoms with Crippen LogP contribution in [0.3, 0.4) is 0 Å². The lowest BCUT2D eigenvalue weighted by Gasteiger charge is -2.04. The van der Waals surface area contributed by atoms with E-state index in [9.17, 15) is 4.39 Å². The van der Waals surface area contributed by atoms with Crippen LogP contribution in [0.5, 0.6) is 0 Å². The SMILES string of the molecule is Fc1cnc2[nH]cc(CCNCc3ccccc3)c2c1. The Morgan fingerprint density at radius 3 is 2.90 bits per heavy atom. The first-order chi connectivity index (χ1) is 9.83. The van der Waals surface area contributed by atoms with Crippen LogP contribution in [-0.2, 0) is 13.0 Å². The van der Waals surface area contributed by atoms with E-state index >= 15 is 0 Å². The minimum Gasteiger partial charge on any atom is -0.346 e. The first kappa shape index (κ1) is 12.8. The number of benzene rings is 1. The first-order valence-electron chi connectivity index (χ1n) is 6.69. The van der Waals surface area contributed by atoms with E-state index in [0.717, 1.165) is 36.1 Å². The lowest BCUT2D eigenvalue weighted by molar-refractivity contribution is 0.624. The summed E-state index contributed by atoms with van der Waals surface area (Å²) in [4.78, 5) is 7.09. The van der Waals surface area contributed by atoms with Crippen LogP contribution in [0.15, 0.2) is 48.8 Å². The summed E-state index contributed by atoms with van der Waals surface area (Å²) in [6.45, 7) is 1.69. The van der Waals surface area contributed by atoms with Crippen molar-refractivity contribution in [1.29, 1.82) is 0 Å². The highest BCUT2D eigenvalue weighted by Gasteiger charge is 2.05. The Morgan fingerprint density at radius 1 is 1.20 bits per heavy atom. The van der Waals surface area contributed by atoms with Crippen molar-refractivity contribution < 1.29 is 4.39 Å². The molecule has 2 aromatic heterocycles. The number of H-pyrrole nitrogens is 1. The maximum atomic E-state index is 13.2. The van der Waals surface area contributed by atoms with Crippen molar-refractivity contribution in [2.24, 2.45) is 0 Å². The third-order valence-electron chi connectivity index (χ3n) is 3.33. The van der Waals surface area contributed by atoms with Crippen molar-refractivity contribution in [2.75, 3.05) is 6.54 Å². The Hall–Kier alpha value is -2.20. The zero-order chi connectivity index (χ0) is 13.8. The zero-order valence-electron chi connectivity index (χ0n) is 11.1. The van der Waals surface area contributed by atoms with Crippen LogP contribution in [0, 0.1) is 5.82 Å². The fraction of sp³-hybridized carbons (Fsp3) is 0.188. The van der Waals surface area contributed by atoms with Crippen LogP contribution in [-0.4, -0.2) is 16.5 Å². The average Bonchev–Trinajstić information content (AvgIpc) is 2.87. The summed E-state index contributed by atoms with van der Waals surface area (Å²) in [6.07, 6.45) is 3.98. The smallest absolute Gasteiger partial charge is 0.142 e. The second-order valence-electron chi connectivity index (χ2n) is 4.78. The van der Waals surface area contributed by atoms with Gasteiger partial charge in [0.25, 0.3) is 0 Å². The van der Waals surface area contributed by atoms with Gasteiger partial charge in [0.2, 0.25) is 0 Å². The zero-order valence-corrected chi connectivity index (χ0v) is 11.1. The highest BCUT2D eigenvalue weighted by Crippen LogP contribution is 2.17. The summed E-state index contributed by atoms with van der Waals surface area (Å²) in [5, 5.41) is 4.26. The molecule has 0 aliphatic rings. The molecular weight excluding hydrogens is 253 g/mol. The number of aromatic amines is 1. The molecule has 20 heavy (non-hydrogen) atoms. The van der Waals surface area contributed by atoms with E-state index in [1.807, 2.05) is 24.4 Å². The summed E-state index contributed by atoms with van der Waals surface area (Å²) in [7, 11) is 0. The number of nitrogens with one attached hydrogen (secondary N) is 2. The van der Waals surface area contributed by atoms with Gasteiger partial charge in [-0.25, -0.2) is 9.37 Å². The second kappa shape index (κ2) is 5.84. The molecule has 0 unspecified atom stereocenters. The molecule has 0 bridgehead atoms. The number of aromatic nitrogens is 2. The third kappa shape index (κ3) is 2.86. The van der Waals surface area contributed by atoms with Crippen molar-refractivity contribution in [3.05, 3.63) is 65.7 Å². The molecule has 102 valence electrons. The van der Waals surface area contributed by atoms with Crippen LogP contribution < -0.4 is 5.32 Å². The normalized spacial score (nSPS) is 11.1. The standard InChI is InChI=1S/C16H16FN3/c17-14-8-15-13(10-19-16(15)20-11-14)6-7-18-9-12-4-2-1-3-5-12/h1-5,8,10-11,18H,6-7,9H2,(H,19,20). The molecule has 4 heteroatoms. The van der Waals surface area contributed by atoms with Crippen molar-refractivity contribution in [3.63, 3.8) is 0 Å². The van der Waals surface area contributed by atoms with Gasteiger partial charge in [0.15, 0.2) is 0 Å². The molecule has 3 rings (SSSR count). The highest BCUT2D eigenvalue weighted by molar-refractivity contribution is 5.79. The molecule has 0 aliphatic carbocycles. The number of nitrogens with zero attached hydrogens (tertiary/aromatic N) is 1. The van der Waals surface area contributed by atoms with Gasteiger partial charge in [-0.05, 0) is 30.2 Å². The van der Waals surface area contributed by atoms with Crippen molar-refractivity contribution >= 4 is 11.0 Å². The summed E-state index contributed by atoms with van der Waals surface area (Å²) >= 11 is 0. The molecule has 0 radical (unpaired) electrons. The maximum absolute atomic E-state index is 13.2. The highest BCUT2D eigenvalue weighted by atomic mass is 19.1. The molecule has 3 aromatic rings. The lowest BCUT2D eigenvalue weighted by Crippen LogP contribution is -2.16. The molecule has 0 amide bonds. The van der Waals surface area contributed by atoms with Gasteiger partial charge < -0.3 is 10.3 Å². The summed E-state index contributed by atoms with van der Waals surface area (Å²) in [5.74, 6) is -0.296. The van der Waals surface area contributed by atoms with E-state index in [0.29, 0.717) is 0 Å². The van der Waals surface area contributed by atoms with Gasteiger partial charge in [-0.1, -0.05) is 30.3 Å². The monoisotopic (exact) mass is 269 g/mol. The van der Waals surface area contributed by atoms with Gasteiger partial charge in [0, 0.05) is 18.1 Å². The van der Waals surface area contributed by atoms with E-state index in [1.54, 1.807) is 0 Å². The predicted octanol–water partition coefficient (Wildman–Crippen LogP) is 3.03. The molecule has 2 N–H and O–H groups in total. The molecule has 0 fully saturated rings. The van der Waals surface area contributed by atoms with Crippen LogP contribution in [0.1, 0.15) is 11.1 Å². The molecule has 0 aliphatic heterocycles. The van der Waals surface area contributed by atoms with Gasteiger partial charge in [-0.3, -0.25) is 0 Å². The van der Waals surface area contributed by atoms with Crippen molar-refractivity contribution in [3.8, 4) is 0 Å². The van der Waals surface area contributed by atoms with Crippen LogP contribution in [0.25, 0.3) is 11.0 Å². The third-order valence-corrected chi connectivity index (χ3v) is 3.33.